The Morgan fingerprint density at radius 2 is 1.57 bits per heavy atom. The fourth-order valence-corrected chi connectivity index (χ4v) is 3.10. The molecule has 3 rings (SSSR count). The Morgan fingerprint density at radius 1 is 0.857 bits per heavy atom. The van der Waals surface area contributed by atoms with Gasteiger partial charge in [0.2, 0.25) is 0 Å². The van der Waals surface area contributed by atoms with Crippen LogP contribution in [0.25, 0.3) is 0 Å². The third-order valence-electron chi connectivity index (χ3n) is 4.79. The lowest BCUT2D eigenvalue weighted by Gasteiger charge is -2.23. The van der Waals surface area contributed by atoms with E-state index in [0.717, 1.165) is 12.1 Å². The van der Waals surface area contributed by atoms with Crippen LogP contribution in [-0.2, 0) is 6.18 Å². The van der Waals surface area contributed by atoms with Crippen molar-refractivity contribution in [3.05, 3.63) is 90.0 Å². The maximum absolute atomic E-state index is 13.9. The largest absolute Gasteiger partial charge is 0.416 e. The fraction of sp³-hybridized carbons (Fsp3) is 0.167. The van der Waals surface area contributed by atoms with E-state index in [4.69, 9.17) is 0 Å². The number of rotatable bonds is 7. The zero-order valence-corrected chi connectivity index (χ0v) is 18.2. The van der Waals surface area contributed by atoms with E-state index in [0.29, 0.717) is 5.69 Å². The van der Waals surface area contributed by atoms with Crippen molar-refractivity contribution in [2.45, 2.75) is 12.6 Å². The molecule has 0 radical (unpaired) electrons. The molecule has 11 heteroatoms. The van der Waals surface area contributed by atoms with Gasteiger partial charge in [-0.3, -0.25) is 4.90 Å². The van der Waals surface area contributed by atoms with Crippen LogP contribution in [0.15, 0.2) is 72.8 Å². The van der Waals surface area contributed by atoms with Crippen molar-refractivity contribution in [2.24, 2.45) is 0 Å². The van der Waals surface area contributed by atoms with Crippen molar-refractivity contribution in [1.29, 1.82) is 0 Å². The Balaban J connectivity index is 1.58. The van der Waals surface area contributed by atoms with E-state index in [9.17, 15) is 31.5 Å². The van der Waals surface area contributed by atoms with E-state index in [1.165, 1.54) is 59.5 Å². The zero-order chi connectivity index (χ0) is 25.4. The molecule has 4 amide bonds. The van der Waals surface area contributed by atoms with Crippen molar-refractivity contribution in [3.8, 4) is 0 Å². The Hall–Kier alpha value is -4.15. The molecule has 184 valence electrons. The van der Waals surface area contributed by atoms with Crippen LogP contribution in [0.2, 0.25) is 0 Å². The van der Waals surface area contributed by atoms with Gasteiger partial charge < -0.3 is 16.0 Å². The molecule has 0 heterocycles. The molecule has 0 fully saturated rings. The minimum absolute atomic E-state index is 0.0328. The van der Waals surface area contributed by atoms with Crippen LogP contribution in [0.4, 0.5) is 48.6 Å². The number of carbonyl (C=O) groups is 2. The highest BCUT2D eigenvalue weighted by molar-refractivity contribution is 6.01. The van der Waals surface area contributed by atoms with Crippen LogP contribution in [0, 0.1) is 11.6 Å². The normalized spacial score (nSPS) is 11.0. The smallest absolute Gasteiger partial charge is 0.338 e. The third kappa shape index (κ3) is 7.42. The molecule has 3 aromatic carbocycles. The standard InChI is InChI=1S/C24H21F5N4O2/c25-17-9-11-19(12-10-17)33(23(35)32-21-8-2-1-7-20(21)26)14-4-13-30-22(34)31-18-6-3-5-16(15-18)24(27,28)29/h1-3,5-12,15H,4,13-14H2,(H,32,35)(H2,30,31,34). The number of nitrogens with zero attached hydrogens (tertiary/aromatic N) is 1. The van der Waals surface area contributed by atoms with E-state index in [1.54, 1.807) is 6.07 Å². The maximum Gasteiger partial charge on any atom is 0.416 e. The predicted molar refractivity (Wildman–Crippen MR) is 122 cm³/mol. The van der Waals surface area contributed by atoms with Gasteiger partial charge in [-0.2, -0.15) is 13.2 Å². The van der Waals surface area contributed by atoms with Gasteiger partial charge in [-0.15, -0.1) is 0 Å². The Bertz CT molecular complexity index is 1170. The van der Waals surface area contributed by atoms with Gasteiger partial charge in [0.25, 0.3) is 0 Å². The summed E-state index contributed by atoms with van der Waals surface area (Å²) in [4.78, 5) is 26.1. The number of hydrogen-bond donors (Lipinski definition) is 3. The number of amides is 4. The lowest BCUT2D eigenvalue weighted by atomic mass is 10.2. The Labute approximate surface area is 197 Å². The van der Waals surface area contributed by atoms with E-state index < -0.39 is 35.4 Å². The maximum atomic E-state index is 13.9. The van der Waals surface area contributed by atoms with Gasteiger partial charge in [-0.05, 0) is 61.0 Å². The van der Waals surface area contributed by atoms with Crippen LogP contribution in [0.1, 0.15) is 12.0 Å². The first-order chi connectivity index (χ1) is 16.6. The van der Waals surface area contributed by atoms with Gasteiger partial charge in [-0.1, -0.05) is 18.2 Å². The second kappa shape index (κ2) is 11.3. The molecule has 35 heavy (non-hydrogen) atoms. The number of carbonyl (C=O) groups excluding carboxylic acids is 2. The molecule has 0 bridgehead atoms. The number of nitrogens with one attached hydrogen (secondary N) is 3. The summed E-state index contributed by atoms with van der Waals surface area (Å²) in [6, 6.07) is 13.5. The van der Waals surface area contributed by atoms with Crippen LogP contribution >= 0.6 is 0 Å². The number of benzene rings is 3. The lowest BCUT2D eigenvalue weighted by molar-refractivity contribution is -0.137. The lowest BCUT2D eigenvalue weighted by Crippen LogP contribution is -2.38. The van der Waals surface area contributed by atoms with Gasteiger partial charge in [0.05, 0.1) is 11.3 Å². The third-order valence-corrected chi connectivity index (χ3v) is 4.79. The second-order valence-corrected chi connectivity index (χ2v) is 7.35. The van der Waals surface area contributed by atoms with Crippen molar-refractivity contribution < 1.29 is 31.5 Å². The molecule has 0 saturated carbocycles. The second-order valence-electron chi connectivity index (χ2n) is 7.35. The molecule has 0 spiro atoms. The SMILES string of the molecule is O=C(NCCCN(C(=O)Nc1ccccc1F)c1ccc(F)cc1)Nc1cccc(C(F)(F)F)c1. The number of anilines is 3. The fourth-order valence-electron chi connectivity index (χ4n) is 3.10. The molecule has 0 saturated heterocycles. The van der Waals surface area contributed by atoms with Gasteiger partial charge >= 0.3 is 18.2 Å². The molecule has 6 nitrogen and oxygen atoms in total. The average molecular weight is 492 g/mol. The van der Waals surface area contributed by atoms with Gasteiger partial charge in [0, 0.05) is 24.5 Å². The van der Waals surface area contributed by atoms with Crippen LogP contribution in [0.3, 0.4) is 0 Å². The van der Waals surface area contributed by atoms with Crippen molar-refractivity contribution in [2.75, 3.05) is 28.6 Å². The highest BCUT2D eigenvalue weighted by Crippen LogP contribution is 2.30. The Kier molecular flexibility index (Phi) is 8.24. The van der Waals surface area contributed by atoms with Crippen LogP contribution in [-0.4, -0.2) is 25.2 Å². The monoisotopic (exact) mass is 492 g/mol. The number of para-hydroxylation sites is 1. The molecule has 0 aromatic heterocycles. The first kappa shape index (κ1) is 25.5. The Morgan fingerprint density at radius 3 is 2.26 bits per heavy atom. The van der Waals surface area contributed by atoms with Crippen molar-refractivity contribution in [3.63, 3.8) is 0 Å². The quantitative estimate of drug-likeness (QED) is 0.270. The first-order valence-electron chi connectivity index (χ1n) is 10.4. The summed E-state index contributed by atoms with van der Waals surface area (Å²) in [6.07, 6.45) is -4.31. The summed E-state index contributed by atoms with van der Waals surface area (Å²) in [5.74, 6) is -1.14. The average Bonchev–Trinajstić information content (AvgIpc) is 2.81. The van der Waals surface area contributed by atoms with E-state index in [-0.39, 0.29) is 30.9 Å². The van der Waals surface area contributed by atoms with E-state index in [2.05, 4.69) is 16.0 Å². The highest BCUT2D eigenvalue weighted by atomic mass is 19.4. The molecule has 0 aliphatic rings. The van der Waals surface area contributed by atoms with E-state index >= 15 is 0 Å². The summed E-state index contributed by atoms with van der Waals surface area (Å²) in [6.45, 7) is 0.130. The van der Waals surface area contributed by atoms with Gasteiger partial charge in [0.15, 0.2) is 0 Å². The van der Waals surface area contributed by atoms with Crippen molar-refractivity contribution >= 4 is 29.1 Å². The molecular formula is C24H21F5N4O2. The van der Waals surface area contributed by atoms with E-state index in [1.807, 2.05) is 0 Å². The van der Waals surface area contributed by atoms with Crippen molar-refractivity contribution in [1.82, 2.24) is 5.32 Å². The molecule has 3 N–H and O–H groups in total. The number of alkyl halides is 3. The highest BCUT2D eigenvalue weighted by Gasteiger charge is 2.30. The number of halogens is 5. The summed E-state index contributed by atoms with van der Waals surface area (Å²) >= 11 is 0. The molecule has 0 aliphatic heterocycles. The topological polar surface area (TPSA) is 73.5 Å². The summed E-state index contributed by atoms with van der Waals surface area (Å²) in [5.41, 5.74) is -0.627. The molecule has 3 aromatic rings. The predicted octanol–water partition coefficient (Wildman–Crippen LogP) is 6.23. The number of urea groups is 2. The minimum Gasteiger partial charge on any atom is -0.338 e. The molecular weight excluding hydrogens is 471 g/mol. The van der Waals surface area contributed by atoms with Crippen LogP contribution in [0.5, 0.6) is 0 Å². The first-order valence-corrected chi connectivity index (χ1v) is 10.4. The molecule has 0 atom stereocenters. The molecule has 0 aliphatic carbocycles. The molecule has 0 unspecified atom stereocenters. The van der Waals surface area contributed by atoms with Gasteiger partial charge in [-0.25, -0.2) is 18.4 Å². The number of hydrogen-bond acceptors (Lipinski definition) is 2. The minimum atomic E-state index is -4.54. The van der Waals surface area contributed by atoms with Gasteiger partial charge in [0.1, 0.15) is 11.6 Å². The summed E-state index contributed by atoms with van der Waals surface area (Å²) in [7, 11) is 0. The zero-order valence-electron chi connectivity index (χ0n) is 18.2. The summed E-state index contributed by atoms with van der Waals surface area (Å²) in [5, 5.41) is 7.26. The summed E-state index contributed by atoms with van der Waals surface area (Å²) < 4.78 is 65.7. The van der Waals surface area contributed by atoms with Crippen LogP contribution < -0.4 is 20.9 Å².